The highest BCUT2D eigenvalue weighted by molar-refractivity contribution is 6.31. The van der Waals surface area contributed by atoms with Gasteiger partial charge in [-0.25, -0.2) is 0 Å². The molecule has 0 aromatic heterocycles. The molecule has 0 aliphatic heterocycles. The van der Waals surface area contributed by atoms with Crippen molar-refractivity contribution in [2.75, 3.05) is 19.5 Å². The highest BCUT2D eigenvalue weighted by Crippen LogP contribution is 2.27. The molecule has 0 heterocycles. The molecule has 1 amide bonds. The molecule has 1 aromatic carbocycles. The van der Waals surface area contributed by atoms with Gasteiger partial charge in [0.25, 0.3) is 0 Å². The van der Waals surface area contributed by atoms with E-state index in [4.69, 9.17) is 16.3 Å². The molecule has 6 heteroatoms. The molecule has 0 bridgehead atoms. The topological polar surface area (TPSA) is 64.6 Å². The summed E-state index contributed by atoms with van der Waals surface area (Å²) in [6.45, 7) is 0. The van der Waals surface area contributed by atoms with Gasteiger partial charge in [0.2, 0.25) is 5.91 Å². The minimum absolute atomic E-state index is 0.0330. The van der Waals surface area contributed by atoms with Crippen LogP contribution in [0.2, 0.25) is 5.02 Å². The van der Waals surface area contributed by atoms with Crippen molar-refractivity contribution in [1.29, 1.82) is 0 Å². The number of amides is 1. The SMILES string of the molecule is COC(=O)CCC(=O)Nc1cc(Cl)ccc1OC. The van der Waals surface area contributed by atoms with Crippen LogP contribution >= 0.6 is 11.6 Å². The molecule has 98 valence electrons. The molecular formula is C12H14ClNO4. The van der Waals surface area contributed by atoms with Crippen molar-refractivity contribution in [1.82, 2.24) is 0 Å². The zero-order chi connectivity index (χ0) is 13.5. The fourth-order valence-electron chi connectivity index (χ4n) is 1.31. The molecule has 5 nitrogen and oxygen atoms in total. The molecule has 0 unspecified atom stereocenters. The van der Waals surface area contributed by atoms with Crippen molar-refractivity contribution < 1.29 is 19.1 Å². The van der Waals surface area contributed by atoms with Gasteiger partial charge in [0.05, 0.1) is 26.3 Å². The van der Waals surface area contributed by atoms with Gasteiger partial charge in [-0.2, -0.15) is 0 Å². The predicted octanol–water partition coefficient (Wildman–Crippen LogP) is 2.24. The molecule has 1 N–H and O–H groups in total. The Kier molecular flexibility index (Phi) is 5.45. The Balaban J connectivity index is 2.63. The van der Waals surface area contributed by atoms with Gasteiger partial charge in [-0.1, -0.05) is 11.6 Å². The van der Waals surface area contributed by atoms with Crippen molar-refractivity contribution in [3.8, 4) is 5.75 Å². The van der Waals surface area contributed by atoms with Crippen LogP contribution in [0.1, 0.15) is 12.8 Å². The summed E-state index contributed by atoms with van der Waals surface area (Å²) in [5.74, 6) is -0.227. The molecule has 0 radical (unpaired) electrons. The quantitative estimate of drug-likeness (QED) is 0.834. The summed E-state index contributed by atoms with van der Waals surface area (Å²) in [7, 11) is 2.77. The molecule has 0 saturated heterocycles. The molecular weight excluding hydrogens is 258 g/mol. The molecule has 0 atom stereocenters. The van der Waals surface area contributed by atoms with Crippen LogP contribution in [-0.2, 0) is 14.3 Å². The number of methoxy groups -OCH3 is 2. The number of carbonyl (C=O) groups excluding carboxylic acids is 2. The van der Waals surface area contributed by atoms with Crippen molar-refractivity contribution in [3.63, 3.8) is 0 Å². The number of anilines is 1. The molecule has 0 fully saturated rings. The number of ether oxygens (including phenoxy) is 2. The molecule has 0 saturated carbocycles. The first-order chi connectivity index (χ1) is 8.56. The Hall–Kier alpha value is -1.75. The number of esters is 1. The van der Waals surface area contributed by atoms with Gasteiger partial charge >= 0.3 is 5.97 Å². The summed E-state index contributed by atoms with van der Waals surface area (Å²) >= 11 is 5.83. The maximum Gasteiger partial charge on any atom is 0.306 e. The van der Waals surface area contributed by atoms with E-state index in [-0.39, 0.29) is 18.7 Å². The maximum absolute atomic E-state index is 11.6. The lowest BCUT2D eigenvalue weighted by molar-refractivity contribution is -0.141. The average molecular weight is 272 g/mol. The van der Waals surface area contributed by atoms with Gasteiger partial charge in [0, 0.05) is 11.4 Å². The van der Waals surface area contributed by atoms with Crippen molar-refractivity contribution in [3.05, 3.63) is 23.2 Å². The lowest BCUT2D eigenvalue weighted by Crippen LogP contribution is -2.14. The van der Waals surface area contributed by atoms with Crippen LogP contribution < -0.4 is 10.1 Å². The van der Waals surface area contributed by atoms with E-state index in [1.54, 1.807) is 18.2 Å². The summed E-state index contributed by atoms with van der Waals surface area (Å²) in [5, 5.41) is 3.11. The Morgan fingerprint density at radius 3 is 2.61 bits per heavy atom. The van der Waals surface area contributed by atoms with Crippen LogP contribution in [0.4, 0.5) is 5.69 Å². The summed E-state index contributed by atoms with van der Waals surface area (Å²) in [5.41, 5.74) is 0.472. The Bertz CT molecular complexity index is 448. The van der Waals surface area contributed by atoms with Gasteiger partial charge in [-0.15, -0.1) is 0 Å². The van der Waals surface area contributed by atoms with Crippen molar-refractivity contribution in [2.24, 2.45) is 0 Å². The van der Waals surface area contributed by atoms with E-state index in [2.05, 4.69) is 10.1 Å². The largest absolute Gasteiger partial charge is 0.495 e. The normalized spacial score (nSPS) is 9.72. The van der Waals surface area contributed by atoms with E-state index in [9.17, 15) is 9.59 Å². The second-order valence-corrected chi connectivity index (χ2v) is 3.91. The maximum atomic E-state index is 11.6. The summed E-state index contributed by atoms with van der Waals surface area (Å²) < 4.78 is 9.53. The van der Waals surface area contributed by atoms with E-state index in [0.29, 0.717) is 16.5 Å². The molecule has 1 rings (SSSR count). The average Bonchev–Trinajstić information content (AvgIpc) is 2.36. The fraction of sp³-hybridized carbons (Fsp3) is 0.333. The van der Waals surface area contributed by atoms with E-state index in [0.717, 1.165) is 0 Å². The highest BCUT2D eigenvalue weighted by Gasteiger charge is 2.10. The molecule has 0 aliphatic carbocycles. The zero-order valence-corrected chi connectivity index (χ0v) is 10.9. The van der Waals surface area contributed by atoms with Gasteiger partial charge in [-0.05, 0) is 18.2 Å². The van der Waals surface area contributed by atoms with Gasteiger partial charge in [-0.3, -0.25) is 9.59 Å². The summed E-state index contributed by atoms with van der Waals surface area (Å²) in [6, 6.07) is 4.89. The third-order valence-electron chi connectivity index (χ3n) is 2.22. The second-order valence-electron chi connectivity index (χ2n) is 3.47. The van der Waals surface area contributed by atoms with E-state index in [1.165, 1.54) is 14.2 Å². The van der Waals surface area contributed by atoms with Crippen LogP contribution in [0, 0.1) is 0 Å². The Morgan fingerprint density at radius 2 is 2.00 bits per heavy atom. The second kappa shape index (κ2) is 6.86. The van der Waals surface area contributed by atoms with E-state index >= 15 is 0 Å². The van der Waals surface area contributed by atoms with Gasteiger partial charge in [0.1, 0.15) is 5.75 Å². The molecule has 0 spiro atoms. The standard InChI is InChI=1S/C12H14ClNO4/c1-17-10-4-3-8(13)7-9(10)14-11(15)5-6-12(16)18-2/h3-4,7H,5-6H2,1-2H3,(H,14,15). The minimum atomic E-state index is -0.428. The first-order valence-electron chi connectivity index (χ1n) is 5.27. The third-order valence-corrected chi connectivity index (χ3v) is 2.45. The number of hydrogen-bond acceptors (Lipinski definition) is 4. The van der Waals surface area contributed by atoms with Crippen LogP contribution in [-0.4, -0.2) is 26.1 Å². The van der Waals surface area contributed by atoms with Crippen molar-refractivity contribution in [2.45, 2.75) is 12.8 Å². The van der Waals surface area contributed by atoms with Crippen molar-refractivity contribution >= 4 is 29.2 Å². The molecule has 1 aromatic rings. The third kappa shape index (κ3) is 4.25. The van der Waals surface area contributed by atoms with Crippen LogP contribution in [0.5, 0.6) is 5.75 Å². The number of carbonyl (C=O) groups is 2. The number of nitrogens with one attached hydrogen (secondary N) is 1. The van der Waals surface area contributed by atoms with E-state index in [1.807, 2.05) is 0 Å². The smallest absolute Gasteiger partial charge is 0.306 e. The lowest BCUT2D eigenvalue weighted by atomic mass is 10.2. The Labute approximate surface area is 110 Å². The zero-order valence-electron chi connectivity index (χ0n) is 10.2. The first kappa shape index (κ1) is 14.3. The summed E-state index contributed by atoms with van der Waals surface area (Å²) in [6.07, 6.45) is 0.0769. The van der Waals surface area contributed by atoms with Crippen LogP contribution in [0.3, 0.4) is 0 Å². The first-order valence-corrected chi connectivity index (χ1v) is 5.65. The minimum Gasteiger partial charge on any atom is -0.495 e. The predicted molar refractivity (Wildman–Crippen MR) is 67.9 cm³/mol. The number of hydrogen-bond donors (Lipinski definition) is 1. The Morgan fingerprint density at radius 1 is 1.28 bits per heavy atom. The number of halogens is 1. The van der Waals surface area contributed by atoms with Gasteiger partial charge < -0.3 is 14.8 Å². The van der Waals surface area contributed by atoms with Crippen LogP contribution in [0.15, 0.2) is 18.2 Å². The van der Waals surface area contributed by atoms with Crippen LogP contribution in [0.25, 0.3) is 0 Å². The fourth-order valence-corrected chi connectivity index (χ4v) is 1.48. The number of rotatable bonds is 5. The van der Waals surface area contributed by atoms with Gasteiger partial charge in [0.15, 0.2) is 0 Å². The van der Waals surface area contributed by atoms with E-state index < -0.39 is 5.97 Å². The molecule has 18 heavy (non-hydrogen) atoms. The monoisotopic (exact) mass is 271 g/mol. The lowest BCUT2D eigenvalue weighted by Gasteiger charge is -2.10. The highest BCUT2D eigenvalue weighted by atomic mass is 35.5. The number of benzene rings is 1. The molecule has 0 aliphatic rings. The summed E-state index contributed by atoms with van der Waals surface area (Å²) in [4.78, 5) is 22.5.